The van der Waals surface area contributed by atoms with Crippen LogP contribution in [-0.4, -0.2) is 17.6 Å². The van der Waals surface area contributed by atoms with Crippen molar-refractivity contribution in [2.24, 2.45) is 5.73 Å². The molecule has 0 aromatic heterocycles. The lowest BCUT2D eigenvalue weighted by Crippen LogP contribution is -2.36. The highest BCUT2D eigenvalue weighted by atomic mass is 32.1. The van der Waals surface area contributed by atoms with Gasteiger partial charge in [-0.1, -0.05) is 12.2 Å². The van der Waals surface area contributed by atoms with Gasteiger partial charge in [-0.15, -0.1) is 0 Å². The summed E-state index contributed by atoms with van der Waals surface area (Å²) in [5, 5.41) is 2.95. The van der Waals surface area contributed by atoms with E-state index in [9.17, 15) is 0 Å². The molecule has 2 nitrogen and oxygen atoms in total. The van der Waals surface area contributed by atoms with E-state index in [0.717, 1.165) is 11.5 Å². The van der Waals surface area contributed by atoms with Crippen LogP contribution in [0.25, 0.3) is 0 Å². The summed E-state index contributed by atoms with van der Waals surface area (Å²) in [6.45, 7) is 4.72. The predicted octanol–water partition coefficient (Wildman–Crippen LogP) is 0.271. The van der Waals surface area contributed by atoms with Gasteiger partial charge in [0.1, 0.15) is 0 Å². The maximum Gasteiger partial charge on any atom is 0.0920 e. The Morgan fingerprint density at radius 1 is 1.88 bits per heavy atom. The van der Waals surface area contributed by atoms with Gasteiger partial charge in [0.25, 0.3) is 0 Å². The fourth-order valence-electron chi connectivity index (χ4n) is 0.335. The lowest BCUT2D eigenvalue weighted by atomic mass is 10.3. The molecular weight excluding hydrogens is 120 g/mol. The van der Waals surface area contributed by atoms with Crippen LogP contribution >= 0.6 is 12.2 Å². The third kappa shape index (κ3) is 2.93. The van der Waals surface area contributed by atoms with Gasteiger partial charge in [-0.25, -0.2) is 0 Å². The standard InChI is InChI=1S/C5H12N2S/c1-3-7-5(8)4(2)6/h4H,3,6H2,1-2H3,(H,7,8)/t4-/m0/s1. The Morgan fingerprint density at radius 3 is 2.50 bits per heavy atom. The minimum atomic E-state index is -0.00931. The van der Waals surface area contributed by atoms with Gasteiger partial charge in [-0.3, -0.25) is 0 Å². The van der Waals surface area contributed by atoms with E-state index >= 15 is 0 Å². The molecule has 0 aliphatic heterocycles. The molecule has 0 bridgehead atoms. The molecule has 0 rings (SSSR count). The van der Waals surface area contributed by atoms with Crippen LogP contribution in [-0.2, 0) is 0 Å². The quantitative estimate of drug-likeness (QED) is 0.530. The van der Waals surface area contributed by atoms with Gasteiger partial charge in [-0.05, 0) is 13.8 Å². The zero-order chi connectivity index (χ0) is 6.57. The second kappa shape index (κ2) is 3.80. The Morgan fingerprint density at radius 2 is 2.38 bits per heavy atom. The molecule has 3 N–H and O–H groups in total. The molecule has 0 aliphatic rings. The highest BCUT2D eigenvalue weighted by molar-refractivity contribution is 7.80. The summed E-state index contributed by atoms with van der Waals surface area (Å²) in [5.74, 6) is 0. The minimum Gasteiger partial charge on any atom is -0.379 e. The summed E-state index contributed by atoms with van der Waals surface area (Å²) >= 11 is 4.84. The van der Waals surface area contributed by atoms with Crippen molar-refractivity contribution in [1.82, 2.24) is 5.32 Å². The summed E-state index contributed by atoms with van der Waals surface area (Å²) in [4.78, 5) is 0.743. The summed E-state index contributed by atoms with van der Waals surface area (Å²) in [6, 6.07) is -0.00931. The highest BCUT2D eigenvalue weighted by Gasteiger charge is 1.97. The third-order valence-corrected chi connectivity index (χ3v) is 1.28. The number of hydrogen-bond acceptors (Lipinski definition) is 2. The zero-order valence-corrected chi connectivity index (χ0v) is 6.09. The average Bonchev–Trinajstić information content (AvgIpc) is 1.67. The lowest BCUT2D eigenvalue weighted by molar-refractivity contribution is 0.886. The molecule has 0 heterocycles. The van der Waals surface area contributed by atoms with E-state index in [2.05, 4.69) is 5.32 Å². The monoisotopic (exact) mass is 132 g/mol. The molecule has 0 aliphatic carbocycles. The summed E-state index contributed by atoms with van der Waals surface area (Å²) in [6.07, 6.45) is 0. The molecule has 0 unspecified atom stereocenters. The van der Waals surface area contributed by atoms with Crippen LogP contribution in [0.15, 0.2) is 0 Å². The van der Waals surface area contributed by atoms with E-state index in [4.69, 9.17) is 18.0 Å². The second-order valence-corrected chi connectivity index (χ2v) is 2.12. The first-order valence-electron chi connectivity index (χ1n) is 2.71. The molecule has 0 aromatic rings. The maximum absolute atomic E-state index is 5.42. The molecule has 0 aromatic carbocycles. The Bertz CT molecular complexity index is 80.5. The molecule has 0 spiro atoms. The van der Waals surface area contributed by atoms with E-state index < -0.39 is 0 Å². The average molecular weight is 132 g/mol. The molecule has 1 atom stereocenters. The van der Waals surface area contributed by atoms with E-state index in [1.54, 1.807) is 0 Å². The molecule has 0 radical (unpaired) electrons. The van der Waals surface area contributed by atoms with Gasteiger partial charge in [0.15, 0.2) is 0 Å². The van der Waals surface area contributed by atoms with Gasteiger partial charge >= 0.3 is 0 Å². The number of rotatable bonds is 2. The van der Waals surface area contributed by atoms with Crippen LogP contribution in [0, 0.1) is 0 Å². The first-order chi connectivity index (χ1) is 3.68. The predicted molar refractivity (Wildman–Crippen MR) is 39.9 cm³/mol. The molecule has 0 amide bonds. The fraction of sp³-hybridized carbons (Fsp3) is 0.800. The SMILES string of the molecule is CCNC(=S)[C@H](C)N. The Hall–Kier alpha value is -0.150. The van der Waals surface area contributed by atoms with Gasteiger partial charge < -0.3 is 11.1 Å². The van der Waals surface area contributed by atoms with Gasteiger partial charge in [-0.2, -0.15) is 0 Å². The van der Waals surface area contributed by atoms with E-state index in [1.165, 1.54) is 0 Å². The largest absolute Gasteiger partial charge is 0.379 e. The topological polar surface area (TPSA) is 38.0 Å². The van der Waals surface area contributed by atoms with Crippen LogP contribution in [0.5, 0.6) is 0 Å². The zero-order valence-electron chi connectivity index (χ0n) is 5.27. The van der Waals surface area contributed by atoms with Crippen molar-refractivity contribution in [2.75, 3.05) is 6.54 Å². The molecule has 0 saturated carbocycles. The summed E-state index contributed by atoms with van der Waals surface area (Å²) < 4.78 is 0. The molecule has 0 fully saturated rings. The lowest BCUT2D eigenvalue weighted by Gasteiger charge is -2.06. The van der Waals surface area contributed by atoms with Crippen LogP contribution in [0.1, 0.15) is 13.8 Å². The number of hydrogen-bond donors (Lipinski definition) is 2. The molecule has 0 saturated heterocycles. The number of likely N-dealkylation sites (N-methyl/N-ethyl adjacent to an activating group) is 1. The molecule has 48 valence electrons. The molecule has 3 heteroatoms. The molecule has 8 heavy (non-hydrogen) atoms. The third-order valence-electron chi connectivity index (χ3n) is 0.765. The van der Waals surface area contributed by atoms with Crippen molar-refractivity contribution < 1.29 is 0 Å². The van der Waals surface area contributed by atoms with E-state index in [-0.39, 0.29) is 6.04 Å². The first-order valence-corrected chi connectivity index (χ1v) is 3.12. The van der Waals surface area contributed by atoms with Crippen molar-refractivity contribution in [3.63, 3.8) is 0 Å². The van der Waals surface area contributed by atoms with Crippen LogP contribution in [0.3, 0.4) is 0 Å². The first kappa shape index (κ1) is 7.85. The summed E-state index contributed by atoms with van der Waals surface area (Å²) in [7, 11) is 0. The van der Waals surface area contributed by atoms with E-state index in [0.29, 0.717) is 0 Å². The Balaban J connectivity index is 3.33. The Labute approximate surface area is 55.4 Å². The fourth-order valence-corrected chi connectivity index (χ4v) is 0.480. The van der Waals surface area contributed by atoms with Crippen molar-refractivity contribution in [2.45, 2.75) is 19.9 Å². The van der Waals surface area contributed by atoms with E-state index in [1.807, 2.05) is 13.8 Å². The number of nitrogens with one attached hydrogen (secondary N) is 1. The van der Waals surface area contributed by atoms with Crippen LogP contribution in [0.4, 0.5) is 0 Å². The maximum atomic E-state index is 5.42. The van der Waals surface area contributed by atoms with Crippen molar-refractivity contribution in [3.8, 4) is 0 Å². The second-order valence-electron chi connectivity index (χ2n) is 1.68. The number of thiocarbonyl (C=S) groups is 1. The Kier molecular flexibility index (Phi) is 3.73. The van der Waals surface area contributed by atoms with Crippen LogP contribution in [0.2, 0.25) is 0 Å². The van der Waals surface area contributed by atoms with Gasteiger partial charge in [0.2, 0.25) is 0 Å². The highest BCUT2D eigenvalue weighted by Crippen LogP contribution is 1.77. The minimum absolute atomic E-state index is 0.00931. The van der Waals surface area contributed by atoms with Crippen LogP contribution < -0.4 is 11.1 Å². The number of nitrogens with two attached hydrogens (primary N) is 1. The smallest absolute Gasteiger partial charge is 0.0920 e. The van der Waals surface area contributed by atoms with Crippen molar-refractivity contribution in [3.05, 3.63) is 0 Å². The van der Waals surface area contributed by atoms with Gasteiger partial charge in [0.05, 0.1) is 11.0 Å². The van der Waals surface area contributed by atoms with Gasteiger partial charge in [0, 0.05) is 6.54 Å². The van der Waals surface area contributed by atoms with Crippen molar-refractivity contribution in [1.29, 1.82) is 0 Å². The summed E-state index contributed by atoms with van der Waals surface area (Å²) in [5.41, 5.74) is 5.42. The normalized spacial score (nSPS) is 12.9. The van der Waals surface area contributed by atoms with Crippen molar-refractivity contribution >= 4 is 17.2 Å². The molecular formula is C5H12N2S.